The summed E-state index contributed by atoms with van der Waals surface area (Å²) in [5, 5.41) is 6.09. The highest BCUT2D eigenvalue weighted by molar-refractivity contribution is 7.50. The Bertz CT molecular complexity index is 663. The summed E-state index contributed by atoms with van der Waals surface area (Å²) in [4.78, 5) is 24.4. The molecule has 1 aliphatic carbocycles. The molecule has 0 aromatic heterocycles. The lowest BCUT2D eigenvalue weighted by Gasteiger charge is -2.32. The molecule has 3 N–H and O–H groups in total. The lowest BCUT2D eigenvalue weighted by molar-refractivity contribution is -0.274. The smallest absolute Gasteiger partial charge is 0.406 e. The number of alkyl halides is 3. The van der Waals surface area contributed by atoms with Gasteiger partial charge in [0.25, 0.3) is 5.91 Å². The van der Waals surface area contributed by atoms with Crippen molar-refractivity contribution < 1.29 is 27.6 Å². The second-order valence-electron chi connectivity index (χ2n) is 7.55. The minimum atomic E-state index is -4.74. The first kappa shape index (κ1) is 22.3. The van der Waals surface area contributed by atoms with Crippen LogP contribution in [0.15, 0.2) is 24.3 Å². The van der Waals surface area contributed by atoms with Crippen LogP contribution in [0.2, 0.25) is 0 Å². The Hall–Kier alpha value is -1.41. The molecule has 10 heteroatoms. The Balaban J connectivity index is 1.31. The largest absolute Gasteiger partial charge is 0.573 e. The van der Waals surface area contributed by atoms with Crippen molar-refractivity contribution in [2.24, 2.45) is 5.92 Å². The number of ether oxygens (including phenoxy) is 1. The number of nitrogens with zero attached hydrogens (tertiary/aromatic N) is 1. The zero-order chi connectivity index (χ0) is 20.9. The minimum Gasteiger partial charge on any atom is -0.406 e. The summed E-state index contributed by atoms with van der Waals surface area (Å²) in [5.74, 6) is -0.259. The maximum Gasteiger partial charge on any atom is 0.573 e. The number of halogens is 3. The van der Waals surface area contributed by atoms with Crippen LogP contribution in [0.4, 0.5) is 13.2 Å². The molecular formula is C19H27F3N3O3P. The summed E-state index contributed by atoms with van der Waals surface area (Å²) >= 11 is 0. The molecule has 1 atom stereocenters. The Morgan fingerprint density at radius 1 is 1.17 bits per heavy atom. The molecule has 1 aromatic rings. The number of hydrogen-bond acceptors (Lipinski definition) is 5. The first-order valence-corrected chi connectivity index (χ1v) is 11.2. The summed E-state index contributed by atoms with van der Waals surface area (Å²) in [6, 6.07) is 4.92. The van der Waals surface area contributed by atoms with Crippen LogP contribution < -0.4 is 15.1 Å². The second kappa shape index (κ2) is 10.1. The highest BCUT2D eigenvalue weighted by atomic mass is 31.2. The number of carbonyl (C=O) groups is 1. The molecule has 2 aliphatic rings. The van der Waals surface area contributed by atoms with Gasteiger partial charge in [0.2, 0.25) is 0 Å². The van der Waals surface area contributed by atoms with Crippen molar-refractivity contribution in [1.82, 2.24) is 15.3 Å². The Morgan fingerprint density at radius 2 is 1.83 bits per heavy atom. The third kappa shape index (κ3) is 7.74. The number of piperidine rings is 1. The molecule has 162 valence electrons. The third-order valence-electron chi connectivity index (χ3n) is 5.20. The van der Waals surface area contributed by atoms with E-state index in [1.807, 2.05) is 0 Å². The molecule has 0 radical (unpaired) electrons. The van der Waals surface area contributed by atoms with Crippen LogP contribution >= 0.6 is 8.30 Å². The van der Waals surface area contributed by atoms with E-state index < -0.39 is 14.7 Å². The number of carbonyl (C=O) groups excluding carboxylic acids is 1. The van der Waals surface area contributed by atoms with E-state index in [4.69, 9.17) is 0 Å². The highest BCUT2D eigenvalue weighted by Crippen LogP contribution is 2.47. The number of nitrogens with one attached hydrogen (secondary N) is 2. The van der Waals surface area contributed by atoms with Gasteiger partial charge in [-0.3, -0.25) is 9.88 Å². The molecule has 6 nitrogen and oxygen atoms in total. The summed E-state index contributed by atoms with van der Waals surface area (Å²) in [5.41, 5.74) is 0.798. The minimum absolute atomic E-state index is 0.299. The Morgan fingerprint density at radius 3 is 2.41 bits per heavy atom. The first-order chi connectivity index (χ1) is 13.8. The lowest BCUT2D eigenvalue weighted by atomic mass is 9.96. The van der Waals surface area contributed by atoms with Crippen LogP contribution in [-0.4, -0.2) is 60.4 Å². The molecule has 2 fully saturated rings. The number of benzene rings is 1. The van der Waals surface area contributed by atoms with Gasteiger partial charge in [0, 0.05) is 30.9 Å². The fourth-order valence-electron chi connectivity index (χ4n) is 3.33. The predicted molar refractivity (Wildman–Crippen MR) is 105 cm³/mol. The predicted octanol–water partition coefficient (Wildman–Crippen LogP) is 3.08. The van der Waals surface area contributed by atoms with Crippen molar-refractivity contribution in [2.45, 2.75) is 37.7 Å². The van der Waals surface area contributed by atoms with E-state index in [1.54, 1.807) is 0 Å². The van der Waals surface area contributed by atoms with E-state index in [9.17, 15) is 22.9 Å². The molecule has 1 saturated heterocycles. The first-order valence-electron chi connectivity index (χ1n) is 9.88. The van der Waals surface area contributed by atoms with Crippen LogP contribution in [0.25, 0.3) is 0 Å². The van der Waals surface area contributed by atoms with Crippen LogP contribution in [0.3, 0.4) is 0 Å². The molecule has 3 rings (SSSR count). The average Bonchev–Trinajstić information content (AvgIpc) is 3.52. The van der Waals surface area contributed by atoms with Crippen molar-refractivity contribution in [2.75, 3.05) is 32.7 Å². The van der Waals surface area contributed by atoms with E-state index in [0.29, 0.717) is 23.7 Å². The quantitative estimate of drug-likeness (QED) is 0.522. The highest BCUT2D eigenvalue weighted by Gasteiger charge is 2.31. The molecule has 1 aromatic carbocycles. The summed E-state index contributed by atoms with van der Waals surface area (Å²) in [7, 11) is -0.996. The topological polar surface area (TPSA) is 73.8 Å². The van der Waals surface area contributed by atoms with E-state index in [-0.39, 0.29) is 11.7 Å². The van der Waals surface area contributed by atoms with Crippen molar-refractivity contribution >= 4 is 14.2 Å². The summed E-state index contributed by atoms with van der Waals surface area (Å²) < 4.78 is 40.3. The molecule has 0 bridgehead atoms. The van der Waals surface area contributed by atoms with E-state index >= 15 is 0 Å². The SMILES string of the molecule is O=C(NCC1CCN(CCNP(O)C2CC2)CC1)c1ccc(OC(F)(F)F)cc1. The van der Waals surface area contributed by atoms with Crippen LogP contribution in [0.1, 0.15) is 36.0 Å². The monoisotopic (exact) mass is 433 g/mol. The van der Waals surface area contributed by atoms with Crippen molar-refractivity contribution in [1.29, 1.82) is 0 Å². The molecule has 1 saturated carbocycles. The molecule has 0 spiro atoms. The van der Waals surface area contributed by atoms with Gasteiger partial charge < -0.3 is 19.8 Å². The normalized spacial score (nSPS) is 19.7. The number of likely N-dealkylation sites (tertiary alicyclic amines) is 1. The molecule has 29 heavy (non-hydrogen) atoms. The van der Waals surface area contributed by atoms with Crippen molar-refractivity contribution in [3.8, 4) is 5.75 Å². The van der Waals surface area contributed by atoms with Crippen LogP contribution in [0.5, 0.6) is 5.75 Å². The standard InChI is InChI=1S/C19H27F3N3O3P/c20-19(21,22)28-16-3-1-15(2-4-16)18(26)23-13-14-7-10-25(11-8-14)12-9-24-29(27)17-5-6-17/h1-4,14,17,24,27H,5-13H2,(H,23,26). The van der Waals surface area contributed by atoms with Gasteiger partial charge in [-0.2, -0.15) is 0 Å². The fourth-order valence-corrected chi connectivity index (χ4v) is 4.56. The third-order valence-corrected chi connectivity index (χ3v) is 6.96. The second-order valence-corrected chi connectivity index (χ2v) is 9.29. The molecule has 1 unspecified atom stereocenters. The molecule has 1 heterocycles. The van der Waals surface area contributed by atoms with Gasteiger partial charge in [0.05, 0.1) is 0 Å². The van der Waals surface area contributed by atoms with Crippen LogP contribution in [0, 0.1) is 5.92 Å². The maximum atomic E-state index is 12.2. The van der Waals surface area contributed by atoms with Gasteiger partial charge in [-0.25, -0.2) is 0 Å². The van der Waals surface area contributed by atoms with Gasteiger partial charge in [0.15, 0.2) is 0 Å². The van der Waals surface area contributed by atoms with Crippen LogP contribution in [-0.2, 0) is 0 Å². The average molecular weight is 433 g/mol. The molecule has 1 amide bonds. The maximum absolute atomic E-state index is 12.2. The Labute approximate surface area is 169 Å². The van der Waals surface area contributed by atoms with Gasteiger partial charge >= 0.3 is 6.36 Å². The summed E-state index contributed by atoms with van der Waals surface area (Å²) in [6.07, 6.45) is -0.507. The number of amides is 1. The molecular weight excluding hydrogens is 406 g/mol. The van der Waals surface area contributed by atoms with E-state index in [1.165, 1.54) is 12.1 Å². The zero-order valence-electron chi connectivity index (χ0n) is 16.1. The molecule has 1 aliphatic heterocycles. The summed E-state index contributed by atoms with van der Waals surface area (Å²) in [6.45, 7) is 4.18. The fraction of sp³-hybridized carbons (Fsp3) is 0.632. The van der Waals surface area contributed by atoms with Gasteiger partial charge in [-0.1, -0.05) is 0 Å². The van der Waals surface area contributed by atoms with Crippen molar-refractivity contribution in [3.05, 3.63) is 29.8 Å². The Kier molecular flexibility index (Phi) is 7.73. The lowest BCUT2D eigenvalue weighted by Crippen LogP contribution is -2.40. The zero-order valence-corrected chi connectivity index (χ0v) is 17.0. The van der Waals surface area contributed by atoms with Crippen molar-refractivity contribution in [3.63, 3.8) is 0 Å². The van der Waals surface area contributed by atoms with E-state index in [2.05, 4.69) is 20.0 Å². The number of hydrogen-bond donors (Lipinski definition) is 3. The number of rotatable bonds is 9. The van der Waals surface area contributed by atoms with Gasteiger partial charge in [-0.05, 0) is 69.0 Å². The van der Waals surface area contributed by atoms with E-state index in [0.717, 1.165) is 64.0 Å². The van der Waals surface area contributed by atoms with Gasteiger partial charge in [0.1, 0.15) is 14.0 Å². The van der Waals surface area contributed by atoms with Gasteiger partial charge in [-0.15, -0.1) is 13.2 Å².